The van der Waals surface area contributed by atoms with Crippen molar-refractivity contribution < 1.29 is 9.90 Å². The molecule has 0 aliphatic heterocycles. The van der Waals surface area contributed by atoms with Crippen LogP contribution >= 0.6 is 11.9 Å². The smallest absolute Gasteiger partial charge is 0.321 e. The van der Waals surface area contributed by atoms with Gasteiger partial charge in [0.05, 0.1) is 0 Å². The van der Waals surface area contributed by atoms with Gasteiger partial charge in [0.15, 0.2) is 0 Å². The molecule has 2 N–H and O–H groups in total. The quantitative estimate of drug-likeness (QED) is 0.800. The fourth-order valence-electron chi connectivity index (χ4n) is 1.77. The molecule has 0 heterocycles. The van der Waals surface area contributed by atoms with E-state index in [0.29, 0.717) is 6.42 Å². The average molecular weight is 287 g/mol. The summed E-state index contributed by atoms with van der Waals surface area (Å²) in [7, 11) is 0. The van der Waals surface area contributed by atoms with Gasteiger partial charge in [-0.15, -0.1) is 0 Å². The number of carboxylic acid groups (broad SMARTS) is 1. The highest BCUT2D eigenvalue weighted by molar-refractivity contribution is 7.97. The SMILES string of the molecule is Cc1ccc(SNC(Cc2ccccc2)C(=O)O)cc1. The van der Waals surface area contributed by atoms with E-state index in [-0.39, 0.29) is 0 Å². The van der Waals surface area contributed by atoms with Gasteiger partial charge in [-0.25, -0.2) is 4.72 Å². The van der Waals surface area contributed by atoms with E-state index in [9.17, 15) is 9.90 Å². The summed E-state index contributed by atoms with van der Waals surface area (Å²) in [5.41, 5.74) is 2.20. The molecule has 0 aliphatic rings. The minimum atomic E-state index is -0.839. The number of hydrogen-bond acceptors (Lipinski definition) is 3. The monoisotopic (exact) mass is 287 g/mol. The van der Waals surface area contributed by atoms with Crippen molar-refractivity contribution in [2.75, 3.05) is 0 Å². The molecule has 1 unspecified atom stereocenters. The van der Waals surface area contributed by atoms with E-state index in [1.54, 1.807) is 0 Å². The lowest BCUT2D eigenvalue weighted by Gasteiger charge is -2.13. The number of hydrogen-bond donors (Lipinski definition) is 2. The first-order valence-electron chi connectivity index (χ1n) is 6.41. The summed E-state index contributed by atoms with van der Waals surface area (Å²) in [6.07, 6.45) is 0.467. The number of aryl methyl sites for hydroxylation is 1. The van der Waals surface area contributed by atoms with Crippen molar-refractivity contribution in [1.29, 1.82) is 0 Å². The largest absolute Gasteiger partial charge is 0.480 e. The first-order chi connectivity index (χ1) is 9.65. The summed E-state index contributed by atoms with van der Waals surface area (Å²) in [5.74, 6) is -0.839. The van der Waals surface area contributed by atoms with Crippen molar-refractivity contribution in [1.82, 2.24) is 4.72 Å². The summed E-state index contributed by atoms with van der Waals surface area (Å²) in [5, 5.41) is 9.28. The van der Waals surface area contributed by atoms with Gasteiger partial charge >= 0.3 is 5.97 Å². The molecule has 1 atom stereocenters. The second-order valence-corrected chi connectivity index (χ2v) is 5.52. The zero-order chi connectivity index (χ0) is 14.4. The molecule has 3 nitrogen and oxygen atoms in total. The predicted octanol–water partition coefficient (Wildman–Crippen LogP) is 3.29. The predicted molar refractivity (Wildman–Crippen MR) is 81.7 cm³/mol. The fourth-order valence-corrected chi connectivity index (χ4v) is 2.51. The van der Waals surface area contributed by atoms with Gasteiger partial charge in [0.1, 0.15) is 6.04 Å². The van der Waals surface area contributed by atoms with Crippen LogP contribution in [0.5, 0.6) is 0 Å². The Hall–Kier alpha value is -1.78. The summed E-state index contributed by atoms with van der Waals surface area (Å²) in [6, 6.07) is 17.0. The maximum absolute atomic E-state index is 11.3. The number of carbonyl (C=O) groups is 1. The van der Waals surface area contributed by atoms with Crippen LogP contribution in [0.2, 0.25) is 0 Å². The second-order valence-electron chi connectivity index (χ2n) is 4.61. The number of nitrogens with one attached hydrogen (secondary N) is 1. The Morgan fingerprint density at radius 3 is 2.40 bits per heavy atom. The number of rotatable bonds is 6. The van der Waals surface area contributed by atoms with E-state index in [1.807, 2.05) is 61.5 Å². The Kier molecular flexibility index (Phi) is 5.21. The minimum absolute atomic E-state index is 0.467. The fraction of sp³-hybridized carbons (Fsp3) is 0.188. The zero-order valence-electron chi connectivity index (χ0n) is 11.2. The highest BCUT2D eigenvalue weighted by Crippen LogP contribution is 2.17. The lowest BCUT2D eigenvalue weighted by Crippen LogP contribution is -2.34. The van der Waals surface area contributed by atoms with Crippen molar-refractivity contribution in [2.24, 2.45) is 0 Å². The molecule has 20 heavy (non-hydrogen) atoms. The molecule has 2 aromatic rings. The normalized spacial score (nSPS) is 12.1. The van der Waals surface area contributed by atoms with Gasteiger partial charge in [-0.1, -0.05) is 48.0 Å². The van der Waals surface area contributed by atoms with Crippen LogP contribution in [-0.4, -0.2) is 17.1 Å². The summed E-state index contributed by atoms with van der Waals surface area (Å²) < 4.78 is 3.02. The van der Waals surface area contributed by atoms with E-state index >= 15 is 0 Å². The molecule has 0 radical (unpaired) electrons. The highest BCUT2D eigenvalue weighted by atomic mass is 32.2. The van der Waals surface area contributed by atoms with E-state index in [0.717, 1.165) is 10.5 Å². The van der Waals surface area contributed by atoms with Crippen LogP contribution in [0.25, 0.3) is 0 Å². The average Bonchev–Trinajstić information content (AvgIpc) is 2.46. The molecule has 0 aromatic heterocycles. The van der Waals surface area contributed by atoms with Gasteiger partial charge in [-0.05, 0) is 43.0 Å². The topological polar surface area (TPSA) is 49.3 Å². The molecule has 2 rings (SSSR count). The third-order valence-corrected chi connectivity index (χ3v) is 3.83. The van der Waals surface area contributed by atoms with E-state index in [4.69, 9.17) is 0 Å². The number of carboxylic acids is 1. The molecule has 0 bridgehead atoms. The van der Waals surface area contributed by atoms with Crippen LogP contribution in [0.3, 0.4) is 0 Å². The standard InChI is InChI=1S/C16H17NO2S/c1-12-7-9-14(10-8-12)20-17-15(16(18)19)11-13-5-3-2-4-6-13/h2-10,15,17H,11H2,1H3,(H,18,19). The molecule has 2 aromatic carbocycles. The molecular weight excluding hydrogens is 270 g/mol. The number of benzene rings is 2. The molecule has 0 saturated carbocycles. The van der Waals surface area contributed by atoms with Crippen LogP contribution < -0.4 is 4.72 Å². The van der Waals surface area contributed by atoms with Gasteiger partial charge in [0, 0.05) is 4.90 Å². The molecular formula is C16H17NO2S. The van der Waals surface area contributed by atoms with Gasteiger partial charge in [0.25, 0.3) is 0 Å². The van der Waals surface area contributed by atoms with Crippen molar-refractivity contribution in [2.45, 2.75) is 24.3 Å². The van der Waals surface area contributed by atoms with E-state index in [1.165, 1.54) is 17.5 Å². The lowest BCUT2D eigenvalue weighted by molar-refractivity contribution is -0.138. The van der Waals surface area contributed by atoms with Gasteiger partial charge in [-0.2, -0.15) is 0 Å². The lowest BCUT2D eigenvalue weighted by atomic mass is 10.1. The van der Waals surface area contributed by atoms with Crippen molar-refractivity contribution in [3.8, 4) is 0 Å². The number of aliphatic carboxylic acids is 1. The summed E-state index contributed by atoms with van der Waals surface area (Å²) >= 11 is 1.35. The Balaban J connectivity index is 1.96. The summed E-state index contributed by atoms with van der Waals surface area (Å²) in [6.45, 7) is 2.03. The van der Waals surface area contributed by atoms with E-state index in [2.05, 4.69) is 4.72 Å². The van der Waals surface area contributed by atoms with Crippen LogP contribution in [0.4, 0.5) is 0 Å². The maximum Gasteiger partial charge on any atom is 0.321 e. The van der Waals surface area contributed by atoms with Gasteiger partial charge in [-0.3, -0.25) is 4.79 Å². The highest BCUT2D eigenvalue weighted by Gasteiger charge is 2.17. The van der Waals surface area contributed by atoms with Crippen molar-refractivity contribution in [3.05, 3.63) is 65.7 Å². The first kappa shape index (κ1) is 14.6. The van der Waals surface area contributed by atoms with Crippen molar-refractivity contribution >= 4 is 17.9 Å². The molecule has 0 aliphatic carbocycles. The van der Waals surface area contributed by atoms with Gasteiger partial charge < -0.3 is 5.11 Å². The molecule has 0 amide bonds. The molecule has 4 heteroatoms. The molecule has 0 spiro atoms. The van der Waals surface area contributed by atoms with Gasteiger partial charge in [0.2, 0.25) is 0 Å². The molecule has 0 saturated heterocycles. The second kappa shape index (κ2) is 7.12. The Bertz CT molecular complexity index is 554. The Labute approximate surface area is 123 Å². The third-order valence-electron chi connectivity index (χ3n) is 2.92. The van der Waals surface area contributed by atoms with Crippen LogP contribution in [-0.2, 0) is 11.2 Å². The maximum atomic E-state index is 11.3. The molecule has 104 valence electrons. The third kappa shape index (κ3) is 4.40. The Morgan fingerprint density at radius 2 is 1.80 bits per heavy atom. The summed E-state index contributed by atoms with van der Waals surface area (Å²) in [4.78, 5) is 12.3. The Morgan fingerprint density at radius 1 is 1.15 bits per heavy atom. The minimum Gasteiger partial charge on any atom is -0.480 e. The first-order valence-corrected chi connectivity index (χ1v) is 7.22. The van der Waals surface area contributed by atoms with Crippen LogP contribution in [0.15, 0.2) is 59.5 Å². The molecule has 0 fully saturated rings. The van der Waals surface area contributed by atoms with Crippen LogP contribution in [0.1, 0.15) is 11.1 Å². The van der Waals surface area contributed by atoms with E-state index < -0.39 is 12.0 Å². The van der Waals surface area contributed by atoms with Crippen LogP contribution in [0, 0.1) is 6.92 Å². The van der Waals surface area contributed by atoms with Crippen molar-refractivity contribution in [3.63, 3.8) is 0 Å². The zero-order valence-corrected chi connectivity index (χ0v) is 12.1.